The Labute approximate surface area is 140 Å². The summed E-state index contributed by atoms with van der Waals surface area (Å²) >= 11 is 8.57. The summed E-state index contributed by atoms with van der Waals surface area (Å²) in [6.07, 6.45) is 0. The average Bonchev–Trinajstić information content (AvgIpc) is 2.83. The van der Waals surface area contributed by atoms with Crippen molar-refractivity contribution in [3.8, 4) is 5.75 Å². The number of rotatable bonds is 6. The zero-order valence-electron chi connectivity index (χ0n) is 11.3. The van der Waals surface area contributed by atoms with Crippen LogP contribution in [0, 0.1) is 0 Å². The molecule has 108 valence electrons. The summed E-state index contributed by atoms with van der Waals surface area (Å²) in [6, 6.07) is 6.33. The van der Waals surface area contributed by atoms with Gasteiger partial charge in [-0.3, -0.25) is 0 Å². The lowest BCUT2D eigenvalue weighted by molar-refractivity contribution is 0.300. The van der Waals surface area contributed by atoms with Crippen LogP contribution in [0.2, 0.25) is 0 Å². The first kappa shape index (κ1) is 15.9. The van der Waals surface area contributed by atoms with Gasteiger partial charge in [0.25, 0.3) is 0 Å². The molecule has 2 rings (SSSR count). The van der Waals surface area contributed by atoms with Gasteiger partial charge in [-0.05, 0) is 34.1 Å². The molecule has 0 aliphatic heterocycles. The van der Waals surface area contributed by atoms with Gasteiger partial charge in [-0.2, -0.15) is 0 Å². The second kappa shape index (κ2) is 7.54. The molecule has 0 aliphatic carbocycles. The van der Waals surface area contributed by atoms with Crippen molar-refractivity contribution in [1.82, 2.24) is 10.3 Å². The second-order valence-corrected chi connectivity index (χ2v) is 7.34. The van der Waals surface area contributed by atoms with E-state index in [0.29, 0.717) is 12.6 Å². The number of ether oxygens (including phenoxy) is 1. The molecule has 0 unspecified atom stereocenters. The van der Waals surface area contributed by atoms with Crippen molar-refractivity contribution in [1.29, 1.82) is 0 Å². The van der Waals surface area contributed by atoms with Crippen molar-refractivity contribution in [3.05, 3.63) is 43.2 Å². The van der Waals surface area contributed by atoms with Crippen LogP contribution < -0.4 is 10.1 Å². The van der Waals surface area contributed by atoms with Crippen LogP contribution in [0.25, 0.3) is 0 Å². The quantitative estimate of drug-likeness (QED) is 0.733. The van der Waals surface area contributed by atoms with Gasteiger partial charge in [0, 0.05) is 22.4 Å². The maximum absolute atomic E-state index is 5.77. The normalized spacial score (nSPS) is 11.1. The van der Waals surface area contributed by atoms with E-state index < -0.39 is 0 Å². The van der Waals surface area contributed by atoms with Crippen molar-refractivity contribution in [2.75, 3.05) is 0 Å². The van der Waals surface area contributed by atoms with Crippen LogP contribution in [0.1, 0.15) is 24.5 Å². The van der Waals surface area contributed by atoms with Gasteiger partial charge in [-0.25, -0.2) is 4.98 Å². The summed E-state index contributed by atoms with van der Waals surface area (Å²) in [4.78, 5) is 4.55. The third kappa shape index (κ3) is 4.84. The minimum Gasteiger partial charge on any atom is -0.486 e. The van der Waals surface area contributed by atoms with Crippen LogP contribution in [0.15, 0.2) is 32.5 Å². The van der Waals surface area contributed by atoms with E-state index in [1.165, 1.54) is 0 Å². The smallest absolute Gasteiger partial charge is 0.134 e. The van der Waals surface area contributed by atoms with Crippen LogP contribution in [0.3, 0.4) is 0 Å². The molecule has 0 radical (unpaired) electrons. The average molecular weight is 420 g/mol. The predicted molar refractivity (Wildman–Crippen MR) is 90.3 cm³/mol. The Balaban J connectivity index is 1.90. The maximum atomic E-state index is 5.77. The molecule has 1 heterocycles. The lowest BCUT2D eigenvalue weighted by Gasteiger charge is -2.07. The zero-order valence-corrected chi connectivity index (χ0v) is 15.3. The van der Waals surface area contributed by atoms with E-state index in [0.717, 1.165) is 31.9 Å². The highest BCUT2D eigenvalue weighted by atomic mass is 79.9. The highest BCUT2D eigenvalue weighted by Crippen LogP contribution is 2.28. The van der Waals surface area contributed by atoms with Gasteiger partial charge >= 0.3 is 0 Å². The van der Waals surface area contributed by atoms with Crippen LogP contribution in [0.4, 0.5) is 0 Å². The van der Waals surface area contributed by atoms with E-state index in [-0.39, 0.29) is 0 Å². The summed E-state index contributed by atoms with van der Waals surface area (Å²) in [5.74, 6) is 0.822. The van der Waals surface area contributed by atoms with Gasteiger partial charge in [-0.1, -0.05) is 29.8 Å². The summed E-state index contributed by atoms with van der Waals surface area (Å²) in [5.41, 5.74) is 0.963. The van der Waals surface area contributed by atoms with Gasteiger partial charge in [0.2, 0.25) is 0 Å². The standard InChI is InChI=1S/C14H16Br2N2OS/c1-9(2)17-6-14-18-11(8-20-14)7-19-13-4-3-10(15)5-12(13)16/h3-5,8-9,17H,6-7H2,1-2H3. The zero-order chi connectivity index (χ0) is 14.5. The lowest BCUT2D eigenvalue weighted by atomic mass is 10.3. The molecule has 2 aromatic rings. The molecule has 6 heteroatoms. The van der Waals surface area contributed by atoms with E-state index in [1.807, 2.05) is 23.6 Å². The van der Waals surface area contributed by atoms with E-state index in [4.69, 9.17) is 4.74 Å². The van der Waals surface area contributed by atoms with Crippen molar-refractivity contribution >= 4 is 43.2 Å². The Morgan fingerprint density at radius 3 is 2.85 bits per heavy atom. The fourth-order valence-corrected chi connectivity index (χ4v) is 3.42. The number of benzene rings is 1. The van der Waals surface area contributed by atoms with E-state index in [1.54, 1.807) is 11.3 Å². The van der Waals surface area contributed by atoms with E-state index in [2.05, 4.69) is 56.0 Å². The molecular formula is C14H16Br2N2OS. The number of hydrogen-bond acceptors (Lipinski definition) is 4. The minimum absolute atomic E-state index is 0.470. The van der Waals surface area contributed by atoms with Crippen molar-refractivity contribution < 1.29 is 4.74 Å². The molecule has 0 saturated carbocycles. The van der Waals surface area contributed by atoms with Crippen molar-refractivity contribution in [3.63, 3.8) is 0 Å². The van der Waals surface area contributed by atoms with Gasteiger partial charge < -0.3 is 10.1 Å². The summed E-state index contributed by atoms with van der Waals surface area (Å²) < 4.78 is 7.73. The summed E-state index contributed by atoms with van der Waals surface area (Å²) in [6.45, 7) is 5.55. The summed E-state index contributed by atoms with van der Waals surface area (Å²) in [7, 11) is 0. The molecular weight excluding hydrogens is 404 g/mol. The monoisotopic (exact) mass is 418 g/mol. The maximum Gasteiger partial charge on any atom is 0.134 e. The Bertz CT molecular complexity index is 572. The first-order valence-electron chi connectivity index (χ1n) is 6.29. The fourth-order valence-electron chi connectivity index (χ4n) is 1.53. The third-order valence-electron chi connectivity index (χ3n) is 2.53. The number of halogens is 2. The minimum atomic E-state index is 0.470. The topological polar surface area (TPSA) is 34.2 Å². The van der Waals surface area contributed by atoms with Crippen LogP contribution in [-0.2, 0) is 13.2 Å². The fraction of sp³-hybridized carbons (Fsp3) is 0.357. The third-order valence-corrected chi connectivity index (χ3v) is 4.54. The predicted octanol–water partition coefficient (Wildman–Crippen LogP) is 4.75. The number of hydrogen-bond donors (Lipinski definition) is 1. The molecule has 0 atom stereocenters. The van der Waals surface area contributed by atoms with Crippen LogP contribution >= 0.6 is 43.2 Å². The molecule has 0 amide bonds. The van der Waals surface area contributed by atoms with Crippen LogP contribution in [0.5, 0.6) is 5.75 Å². The van der Waals surface area contributed by atoms with Gasteiger partial charge in [-0.15, -0.1) is 11.3 Å². The molecule has 1 aromatic heterocycles. The number of nitrogens with zero attached hydrogens (tertiary/aromatic N) is 1. The van der Waals surface area contributed by atoms with Gasteiger partial charge in [0.15, 0.2) is 0 Å². The van der Waals surface area contributed by atoms with Gasteiger partial charge in [0.05, 0.1) is 10.2 Å². The molecule has 1 aromatic carbocycles. The summed E-state index contributed by atoms with van der Waals surface area (Å²) in [5, 5.41) is 6.49. The van der Waals surface area contributed by atoms with Crippen LogP contribution in [-0.4, -0.2) is 11.0 Å². The molecule has 0 spiro atoms. The molecule has 0 bridgehead atoms. The molecule has 1 N–H and O–H groups in total. The van der Waals surface area contributed by atoms with Crippen molar-refractivity contribution in [2.24, 2.45) is 0 Å². The Kier molecular flexibility index (Phi) is 6.01. The molecule has 0 aliphatic rings. The Morgan fingerprint density at radius 1 is 1.35 bits per heavy atom. The van der Waals surface area contributed by atoms with Crippen molar-refractivity contribution in [2.45, 2.75) is 33.0 Å². The number of nitrogens with one attached hydrogen (secondary N) is 1. The molecule has 3 nitrogen and oxygen atoms in total. The largest absolute Gasteiger partial charge is 0.486 e. The van der Waals surface area contributed by atoms with E-state index in [9.17, 15) is 0 Å². The lowest BCUT2D eigenvalue weighted by Crippen LogP contribution is -2.21. The number of aromatic nitrogens is 1. The molecule has 20 heavy (non-hydrogen) atoms. The molecule has 0 saturated heterocycles. The second-order valence-electron chi connectivity index (χ2n) is 4.63. The Hall–Kier alpha value is -0.430. The van der Waals surface area contributed by atoms with E-state index >= 15 is 0 Å². The highest BCUT2D eigenvalue weighted by Gasteiger charge is 2.06. The highest BCUT2D eigenvalue weighted by molar-refractivity contribution is 9.11. The first-order valence-corrected chi connectivity index (χ1v) is 8.75. The SMILES string of the molecule is CC(C)NCc1nc(COc2ccc(Br)cc2Br)cs1. The number of thiazole rings is 1. The van der Waals surface area contributed by atoms with Gasteiger partial charge in [0.1, 0.15) is 17.4 Å². The Morgan fingerprint density at radius 2 is 2.15 bits per heavy atom. The molecule has 0 fully saturated rings. The first-order chi connectivity index (χ1) is 9.54.